The van der Waals surface area contributed by atoms with Gasteiger partial charge in [0.2, 0.25) is 0 Å². The van der Waals surface area contributed by atoms with Crippen LogP contribution in [0.25, 0.3) is 0 Å². The SMILES string of the molecule is CCCNC(C)(C#N)CSCCCOC. The molecule has 0 saturated heterocycles. The summed E-state index contributed by atoms with van der Waals surface area (Å²) in [6.07, 6.45) is 2.11. The Morgan fingerprint density at radius 3 is 2.80 bits per heavy atom. The van der Waals surface area contributed by atoms with Crippen LogP contribution in [0.1, 0.15) is 26.7 Å². The van der Waals surface area contributed by atoms with Crippen LogP contribution in [0.3, 0.4) is 0 Å². The molecule has 0 aliphatic carbocycles. The molecule has 0 spiro atoms. The van der Waals surface area contributed by atoms with Gasteiger partial charge < -0.3 is 4.74 Å². The molecule has 0 rings (SSSR count). The largest absolute Gasteiger partial charge is 0.385 e. The minimum absolute atomic E-state index is 0.381. The summed E-state index contributed by atoms with van der Waals surface area (Å²) in [4.78, 5) is 0. The Morgan fingerprint density at radius 2 is 2.27 bits per heavy atom. The van der Waals surface area contributed by atoms with Crippen molar-refractivity contribution in [2.24, 2.45) is 0 Å². The Kier molecular flexibility index (Phi) is 8.88. The average Bonchev–Trinajstić information content (AvgIpc) is 2.26. The second-order valence-electron chi connectivity index (χ2n) is 3.77. The predicted molar refractivity (Wildman–Crippen MR) is 66.1 cm³/mol. The lowest BCUT2D eigenvalue weighted by molar-refractivity contribution is 0.200. The molecule has 3 nitrogen and oxygen atoms in total. The summed E-state index contributed by atoms with van der Waals surface area (Å²) in [5.74, 6) is 1.89. The number of hydrogen-bond acceptors (Lipinski definition) is 4. The highest BCUT2D eigenvalue weighted by Crippen LogP contribution is 2.13. The molecule has 4 heteroatoms. The van der Waals surface area contributed by atoms with E-state index >= 15 is 0 Å². The van der Waals surface area contributed by atoms with E-state index in [0.29, 0.717) is 0 Å². The number of hydrogen-bond donors (Lipinski definition) is 1. The smallest absolute Gasteiger partial charge is 0.113 e. The van der Waals surface area contributed by atoms with Crippen LogP contribution >= 0.6 is 11.8 Å². The normalized spacial score (nSPS) is 14.5. The van der Waals surface area contributed by atoms with Gasteiger partial charge in [-0.2, -0.15) is 17.0 Å². The van der Waals surface area contributed by atoms with Crippen molar-refractivity contribution >= 4 is 11.8 Å². The standard InChI is InChI=1S/C11H22N2OS/c1-4-6-13-11(2,9-12)10-15-8-5-7-14-3/h13H,4-8,10H2,1-3H3. The van der Waals surface area contributed by atoms with Gasteiger partial charge in [-0.15, -0.1) is 0 Å². The van der Waals surface area contributed by atoms with Gasteiger partial charge in [0.05, 0.1) is 6.07 Å². The topological polar surface area (TPSA) is 45.0 Å². The van der Waals surface area contributed by atoms with E-state index in [4.69, 9.17) is 10.00 Å². The molecule has 88 valence electrons. The van der Waals surface area contributed by atoms with Gasteiger partial charge in [-0.05, 0) is 32.1 Å². The summed E-state index contributed by atoms with van der Waals surface area (Å²) < 4.78 is 4.97. The molecule has 0 aromatic rings. The number of nitrogens with zero attached hydrogens (tertiary/aromatic N) is 1. The summed E-state index contributed by atoms with van der Waals surface area (Å²) >= 11 is 1.81. The van der Waals surface area contributed by atoms with E-state index in [1.54, 1.807) is 7.11 Å². The Hall–Kier alpha value is -0.240. The molecular formula is C11H22N2OS. The van der Waals surface area contributed by atoms with Crippen molar-refractivity contribution in [1.82, 2.24) is 5.32 Å². The molecular weight excluding hydrogens is 208 g/mol. The van der Waals surface area contributed by atoms with Crippen molar-refractivity contribution in [3.63, 3.8) is 0 Å². The van der Waals surface area contributed by atoms with Crippen molar-refractivity contribution < 1.29 is 4.74 Å². The Bertz CT molecular complexity index is 194. The number of thioether (sulfide) groups is 1. The van der Waals surface area contributed by atoms with Gasteiger partial charge in [0.1, 0.15) is 5.54 Å². The van der Waals surface area contributed by atoms with Crippen molar-refractivity contribution in [2.75, 3.05) is 31.8 Å². The maximum Gasteiger partial charge on any atom is 0.113 e. The number of methoxy groups -OCH3 is 1. The van der Waals surface area contributed by atoms with E-state index in [1.165, 1.54) is 0 Å². The number of ether oxygens (including phenoxy) is 1. The van der Waals surface area contributed by atoms with Crippen molar-refractivity contribution in [1.29, 1.82) is 5.26 Å². The molecule has 15 heavy (non-hydrogen) atoms. The lowest BCUT2D eigenvalue weighted by Gasteiger charge is -2.22. The molecule has 1 N–H and O–H groups in total. The van der Waals surface area contributed by atoms with Crippen LogP contribution in [-0.4, -0.2) is 37.3 Å². The second kappa shape index (κ2) is 9.02. The van der Waals surface area contributed by atoms with E-state index in [9.17, 15) is 0 Å². The van der Waals surface area contributed by atoms with Crippen LogP contribution in [0, 0.1) is 11.3 Å². The third kappa shape index (κ3) is 7.66. The lowest BCUT2D eigenvalue weighted by atomic mass is 10.1. The van der Waals surface area contributed by atoms with Crippen LogP contribution < -0.4 is 5.32 Å². The zero-order valence-electron chi connectivity index (χ0n) is 10.0. The molecule has 1 unspecified atom stereocenters. The molecule has 0 aliphatic rings. The highest BCUT2D eigenvalue weighted by Gasteiger charge is 2.21. The third-order valence-electron chi connectivity index (χ3n) is 2.04. The molecule has 1 atom stereocenters. The molecule has 0 bridgehead atoms. The molecule has 0 radical (unpaired) electrons. The van der Waals surface area contributed by atoms with Crippen LogP contribution in [-0.2, 0) is 4.74 Å². The van der Waals surface area contributed by atoms with Crippen molar-refractivity contribution in [3.05, 3.63) is 0 Å². The summed E-state index contributed by atoms with van der Waals surface area (Å²) in [5, 5.41) is 12.3. The first-order valence-corrected chi connectivity index (χ1v) is 6.57. The van der Waals surface area contributed by atoms with Crippen molar-refractivity contribution in [3.8, 4) is 6.07 Å². The fraction of sp³-hybridized carbons (Fsp3) is 0.909. The number of nitriles is 1. The molecule has 0 saturated carbocycles. The second-order valence-corrected chi connectivity index (χ2v) is 4.87. The van der Waals surface area contributed by atoms with Crippen molar-refractivity contribution in [2.45, 2.75) is 32.2 Å². The molecule has 0 heterocycles. The Morgan fingerprint density at radius 1 is 1.53 bits per heavy atom. The molecule has 0 aliphatic heterocycles. The van der Waals surface area contributed by atoms with Crippen LogP contribution in [0.2, 0.25) is 0 Å². The van der Waals surface area contributed by atoms with Gasteiger partial charge in [0, 0.05) is 19.5 Å². The average molecular weight is 230 g/mol. The number of nitrogens with one attached hydrogen (secondary N) is 1. The van der Waals surface area contributed by atoms with E-state index < -0.39 is 0 Å². The number of rotatable bonds is 9. The highest BCUT2D eigenvalue weighted by atomic mass is 32.2. The molecule has 0 aromatic carbocycles. The minimum Gasteiger partial charge on any atom is -0.385 e. The van der Waals surface area contributed by atoms with Crippen LogP contribution in [0.4, 0.5) is 0 Å². The molecule has 0 amide bonds. The van der Waals surface area contributed by atoms with Gasteiger partial charge in [-0.25, -0.2) is 0 Å². The minimum atomic E-state index is -0.381. The first-order chi connectivity index (χ1) is 7.18. The van der Waals surface area contributed by atoms with Gasteiger partial charge in [0.15, 0.2) is 0 Å². The highest BCUT2D eigenvalue weighted by molar-refractivity contribution is 7.99. The van der Waals surface area contributed by atoms with Gasteiger partial charge in [0.25, 0.3) is 0 Å². The van der Waals surface area contributed by atoms with E-state index in [0.717, 1.165) is 37.5 Å². The van der Waals surface area contributed by atoms with E-state index in [1.807, 2.05) is 18.7 Å². The zero-order valence-corrected chi connectivity index (χ0v) is 10.8. The quantitative estimate of drug-likeness (QED) is 0.616. The Balaban J connectivity index is 3.64. The van der Waals surface area contributed by atoms with Gasteiger partial charge in [-0.1, -0.05) is 6.92 Å². The van der Waals surface area contributed by atoms with Gasteiger partial charge >= 0.3 is 0 Å². The van der Waals surface area contributed by atoms with Crippen LogP contribution in [0.5, 0.6) is 0 Å². The predicted octanol–water partition coefficient (Wildman–Crippen LogP) is 2.04. The third-order valence-corrected chi connectivity index (χ3v) is 3.40. The monoisotopic (exact) mass is 230 g/mol. The molecule has 0 fully saturated rings. The van der Waals surface area contributed by atoms with E-state index in [2.05, 4.69) is 18.3 Å². The zero-order chi connectivity index (χ0) is 11.6. The summed E-state index contributed by atoms with van der Waals surface area (Å²) in [5.41, 5.74) is -0.381. The summed E-state index contributed by atoms with van der Waals surface area (Å²) in [6.45, 7) is 5.78. The fourth-order valence-electron chi connectivity index (χ4n) is 1.11. The van der Waals surface area contributed by atoms with Gasteiger partial charge in [-0.3, -0.25) is 5.32 Å². The summed E-state index contributed by atoms with van der Waals surface area (Å²) in [7, 11) is 1.72. The maximum atomic E-state index is 9.06. The maximum absolute atomic E-state index is 9.06. The lowest BCUT2D eigenvalue weighted by Crippen LogP contribution is -2.43. The van der Waals surface area contributed by atoms with Crippen LogP contribution in [0.15, 0.2) is 0 Å². The summed E-state index contributed by atoms with van der Waals surface area (Å²) in [6, 6.07) is 2.34. The first kappa shape index (κ1) is 14.8. The fourth-order valence-corrected chi connectivity index (χ4v) is 2.15. The Labute approximate surface area is 97.6 Å². The van der Waals surface area contributed by atoms with E-state index in [-0.39, 0.29) is 5.54 Å². The first-order valence-electron chi connectivity index (χ1n) is 5.41. The molecule has 0 aromatic heterocycles.